The molecule has 1 aromatic heterocycles. The molecule has 0 saturated carbocycles. The second-order valence-corrected chi connectivity index (χ2v) is 5.86. The highest BCUT2D eigenvalue weighted by Gasteiger charge is 2.15. The van der Waals surface area contributed by atoms with E-state index in [-0.39, 0.29) is 5.03 Å². The fourth-order valence-electron chi connectivity index (χ4n) is 1.80. The number of hydrogen-bond donors (Lipinski definition) is 2. The third kappa shape index (κ3) is 3.77. The van der Waals surface area contributed by atoms with Crippen molar-refractivity contribution in [3.8, 4) is 0 Å². The summed E-state index contributed by atoms with van der Waals surface area (Å²) in [6, 6.07) is 1.43. The first-order valence-electron chi connectivity index (χ1n) is 5.97. The monoisotopic (exact) mass is 274 g/mol. The molecule has 2 rings (SSSR count). The number of sulfonamides is 1. The summed E-state index contributed by atoms with van der Waals surface area (Å²) in [6.45, 7) is 4.69. The molecule has 1 aliphatic heterocycles. The molecule has 1 saturated heterocycles. The Morgan fingerprint density at radius 1 is 1.44 bits per heavy atom. The number of aromatic amines is 1. The van der Waals surface area contributed by atoms with Crippen LogP contribution in [0.2, 0.25) is 0 Å². The van der Waals surface area contributed by atoms with Crippen molar-refractivity contribution in [2.24, 2.45) is 0 Å². The number of rotatable bonds is 6. The first-order valence-corrected chi connectivity index (χ1v) is 7.46. The first-order chi connectivity index (χ1) is 8.68. The summed E-state index contributed by atoms with van der Waals surface area (Å²) in [5.41, 5.74) is 0. The Hall–Kier alpha value is -0.960. The van der Waals surface area contributed by atoms with E-state index in [0.717, 1.165) is 39.3 Å². The van der Waals surface area contributed by atoms with Crippen molar-refractivity contribution in [2.75, 3.05) is 39.4 Å². The lowest BCUT2D eigenvalue weighted by Gasteiger charge is -2.26. The standard InChI is InChI=1S/C10H18N4O3S/c15-18(16,10-2-4-11-13-10)12-3-1-5-14-6-8-17-9-7-14/h2,4,12H,1,3,5-9H2,(H,11,13). The van der Waals surface area contributed by atoms with Crippen LogP contribution in [0.1, 0.15) is 6.42 Å². The number of morpholine rings is 1. The largest absolute Gasteiger partial charge is 0.379 e. The lowest BCUT2D eigenvalue weighted by molar-refractivity contribution is 0.0376. The number of ether oxygens (including phenoxy) is 1. The van der Waals surface area contributed by atoms with Gasteiger partial charge in [0.05, 0.1) is 19.4 Å². The van der Waals surface area contributed by atoms with Gasteiger partial charge in [-0.1, -0.05) is 0 Å². The Bertz CT molecular complexity index is 440. The predicted molar refractivity (Wildman–Crippen MR) is 65.7 cm³/mol. The average molecular weight is 274 g/mol. The van der Waals surface area contributed by atoms with Crippen LogP contribution in [0, 0.1) is 0 Å². The van der Waals surface area contributed by atoms with E-state index in [1.54, 1.807) is 0 Å². The van der Waals surface area contributed by atoms with E-state index in [2.05, 4.69) is 19.8 Å². The summed E-state index contributed by atoms with van der Waals surface area (Å²) in [6.07, 6.45) is 2.20. The van der Waals surface area contributed by atoms with Crippen LogP contribution in [0.5, 0.6) is 0 Å². The second kappa shape index (κ2) is 6.28. The topological polar surface area (TPSA) is 87.3 Å². The van der Waals surface area contributed by atoms with E-state index in [1.807, 2.05) is 0 Å². The lowest BCUT2D eigenvalue weighted by Crippen LogP contribution is -2.38. The summed E-state index contributed by atoms with van der Waals surface area (Å²) in [5.74, 6) is 0. The molecule has 0 bridgehead atoms. The van der Waals surface area contributed by atoms with Crippen LogP contribution < -0.4 is 4.72 Å². The summed E-state index contributed by atoms with van der Waals surface area (Å²) in [5, 5.41) is 6.17. The van der Waals surface area contributed by atoms with E-state index in [1.165, 1.54) is 12.3 Å². The van der Waals surface area contributed by atoms with Gasteiger partial charge in [-0.15, -0.1) is 0 Å². The fraction of sp³-hybridized carbons (Fsp3) is 0.700. The van der Waals surface area contributed by atoms with Gasteiger partial charge in [-0.2, -0.15) is 5.10 Å². The highest BCUT2D eigenvalue weighted by atomic mass is 32.2. The molecule has 2 heterocycles. The third-order valence-corrected chi connectivity index (χ3v) is 4.20. The van der Waals surface area contributed by atoms with Crippen LogP contribution in [0.25, 0.3) is 0 Å². The van der Waals surface area contributed by atoms with E-state index in [9.17, 15) is 8.42 Å². The van der Waals surface area contributed by atoms with Gasteiger partial charge < -0.3 is 4.74 Å². The predicted octanol–water partition coefficient (Wildman–Crippen LogP) is -0.590. The van der Waals surface area contributed by atoms with Gasteiger partial charge >= 0.3 is 0 Å². The summed E-state index contributed by atoms with van der Waals surface area (Å²) < 4.78 is 31.2. The van der Waals surface area contributed by atoms with Crippen molar-refractivity contribution >= 4 is 10.0 Å². The molecule has 0 aromatic carbocycles. The van der Waals surface area contributed by atoms with Crippen molar-refractivity contribution in [1.82, 2.24) is 19.8 Å². The second-order valence-electron chi connectivity index (χ2n) is 4.13. The van der Waals surface area contributed by atoms with Crippen LogP contribution in [0.3, 0.4) is 0 Å². The quantitative estimate of drug-likeness (QED) is 0.677. The normalized spacial score (nSPS) is 18.0. The highest BCUT2D eigenvalue weighted by molar-refractivity contribution is 7.89. The van der Waals surface area contributed by atoms with Crippen molar-refractivity contribution in [3.63, 3.8) is 0 Å². The van der Waals surface area contributed by atoms with Gasteiger partial charge in [0, 0.05) is 19.6 Å². The zero-order valence-electron chi connectivity index (χ0n) is 10.1. The molecule has 1 aromatic rings. The van der Waals surface area contributed by atoms with Crippen LogP contribution in [-0.4, -0.2) is 62.9 Å². The molecular formula is C10H18N4O3S. The highest BCUT2D eigenvalue weighted by Crippen LogP contribution is 2.02. The van der Waals surface area contributed by atoms with Crippen LogP contribution in [-0.2, 0) is 14.8 Å². The lowest BCUT2D eigenvalue weighted by atomic mass is 10.3. The molecular weight excluding hydrogens is 256 g/mol. The fourth-order valence-corrected chi connectivity index (χ4v) is 2.79. The van der Waals surface area contributed by atoms with E-state index >= 15 is 0 Å². The zero-order valence-corrected chi connectivity index (χ0v) is 10.9. The number of hydrogen-bond acceptors (Lipinski definition) is 5. The molecule has 1 fully saturated rings. The maximum Gasteiger partial charge on any atom is 0.257 e. The Labute approximate surface area is 107 Å². The smallest absolute Gasteiger partial charge is 0.257 e. The molecule has 0 amide bonds. The molecule has 8 heteroatoms. The van der Waals surface area contributed by atoms with E-state index in [4.69, 9.17) is 4.74 Å². The van der Waals surface area contributed by atoms with Gasteiger partial charge in [0.2, 0.25) is 0 Å². The molecule has 2 N–H and O–H groups in total. The van der Waals surface area contributed by atoms with Gasteiger partial charge in [0.15, 0.2) is 5.03 Å². The summed E-state index contributed by atoms with van der Waals surface area (Å²) in [7, 11) is -3.43. The van der Waals surface area contributed by atoms with Gasteiger partial charge in [-0.05, 0) is 19.0 Å². The Balaban J connectivity index is 1.69. The van der Waals surface area contributed by atoms with Crippen LogP contribution in [0.4, 0.5) is 0 Å². The van der Waals surface area contributed by atoms with Gasteiger partial charge in [-0.25, -0.2) is 13.1 Å². The first kappa shape index (κ1) is 13.5. The van der Waals surface area contributed by atoms with Crippen molar-refractivity contribution < 1.29 is 13.2 Å². The van der Waals surface area contributed by atoms with E-state index < -0.39 is 10.0 Å². The molecule has 0 atom stereocenters. The molecule has 0 spiro atoms. The van der Waals surface area contributed by atoms with Gasteiger partial charge in [0.1, 0.15) is 0 Å². The minimum atomic E-state index is -3.43. The maximum atomic E-state index is 11.7. The molecule has 0 unspecified atom stereocenters. The molecule has 0 radical (unpaired) electrons. The number of aromatic nitrogens is 2. The molecule has 102 valence electrons. The van der Waals surface area contributed by atoms with Crippen LogP contribution in [0.15, 0.2) is 17.3 Å². The molecule has 1 aliphatic rings. The Morgan fingerprint density at radius 2 is 2.22 bits per heavy atom. The van der Waals surface area contributed by atoms with Crippen molar-refractivity contribution in [1.29, 1.82) is 0 Å². The molecule has 0 aliphatic carbocycles. The zero-order chi connectivity index (χ0) is 12.8. The number of nitrogens with zero attached hydrogens (tertiary/aromatic N) is 2. The average Bonchev–Trinajstić information content (AvgIpc) is 2.91. The van der Waals surface area contributed by atoms with E-state index in [0.29, 0.717) is 6.54 Å². The summed E-state index contributed by atoms with van der Waals surface area (Å²) >= 11 is 0. The molecule has 7 nitrogen and oxygen atoms in total. The minimum Gasteiger partial charge on any atom is -0.379 e. The SMILES string of the molecule is O=S(=O)(NCCCN1CCOCC1)c1ccn[nH]1. The van der Waals surface area contributed by atoms with Crippen molar-refractivity contribution in [3.05, 3.63) is 12.3 Å². The Morgan fingerprint density at radius 3 is 2.89 bits per heavy atom. The van der Waals surface area contributed by atoms with Crippen molar-refractivity contribution in [2.45, 2.75) is 11.4 Å². The molecule has 18 heavy (non-hydrogen) atoms. The van der Waals surface area contributed by atoms with Gasteiger partial charge in [-0.3, -0.25) is 10.00 Å². The maximum absolute atomic E-state index is 11.7. The number of H-pyrrole nitrogens is 1. The Kier molecular flexibility index (Phi) is 4.70. The number of nitrogens with one attached hydrogen (secondary N) is 2. The third-order valence-electron chi connectivity index (χ3n) is 2.81. The summed E-state index contributed by atoms with van der Waals surface area (Å²) in [4.78, 5) is 2.27. The van der Waals surface area contributed by atoms with Crippen LogP contribution >= 0.6 is 0 Å². The minimum absolute atomic E-state index is 0.105. The van der Waals surface area contributed by atoms with Gasteiger partial charge in [0.25, 0.3) is 10.0 Å².